The van der Waals surface area contributed by atoms with Gasteiger partial charge in [0.2, 0.25) is 0 Å². The van der Waals surface area contributed by atoms with Crippen LogP contribution < -0.4 is 10.6 Å². The minimum atomic E-state index is -1.04. The molecule has 2 rings (SSSR count). The number of carbonyl (C=O) groups excluding carboxylic acids is 3. The summed E-state index contributed by atoms with van der Waals surface area (Å²) in [5.74, 6) is -2.49. The summed E-state index contributed by atoms with van der Waals surface area (Å²) in [5, 5.41) is 8.43. The second-order valence-electron chi connectivity index (χ2n) is 6.15. The van der Waals surface area contributed by atoms with E-state index in [2.05, 4.69) is 15.8 Å². The van der Waals surface area contributed by atoms with Gasteiger partial charge in [0, 0.05) is 6.07 Å². The number of rotatable bonds is 7. The number of benzene rings is 1. The molecule has 0 aliphatic carbocycles. The van der Waals surface area contributed by atoms with Crippen molar-refractivity contribution < 1.29 is 28.0 Å². The van der Waals surface area contributed by atoms with E-state index >= 15 is 0 Å². The van der Waals surface area contributed by atoms with Crippen molar-refractivity contribution in [2.24, 2.45) is 5.92 Å². The summed E-state index contributed by atoms with van der Waals surface area (Å²) >= 11 is 0. The van der Waals surface area contributed by atoms with Crippen LogP contribution >= 0.6 is 0 Å². The maximum atomic E-state index is 13.7. The third-order valence-electron chi connectivity index (χ3n) is 3.57. The van der Waals surface area contributed by atoms with Gasteiger partial charge in [0.15, 0.2) is 12.4 Å². The molecule has 2 aromatic rings. The average molecular weight is 377 g/mol. The van der Waals surface area contributed by atoms with Gasteiger partial charge in [-0.15, -0.1) is 0 Å². The highest BCUT2D eigenvalue weighted by Gasteiger charge is 2.27. The van der Waals surface area contributed by atoms with Crippen molar-refractivity contribution in [1.29, 1.82) is 0 Å². The molecule has 0 aliphatic rings. The molecule has 0 saturated heterocycles. The van der Waals surface area contributed by atoms with E-state index in [0.717, 1.165) is 6.07 Å². The number of carbonyl (C=O) groups is 3. The number of aromatic nitrogens is 1. The Morgan fingerprint density at radius 3 is 2.56 bits per heavy atom. The van der Waals surface area contributed by atoms with Crippen LogP contribution in [-0.2, 0) is 14.3 Å². The van der Waals surface area contributed by atoms with Gasteiger partial charge in [0.05, 0.1) is 5.56 Å². The van der Waals surface area contributed by atoms with Crippen molar-refractivity contribution >= 4 is 23.6 Å². The highest BCUT2D eigenvalue weighted by molar-refractivity contribution is 5.97. The van der Waals surface area contributed by atoms with Crippen molar-refractivity contribution in [3.05, 3.63) is 47.5 Å². The number of nitrogens with zero attached hydrogens (tertiary/aromatic N) is 1. The molecule has 8 nitrogen and oxygen atoms in total. The molecule has 0 spiro atoms. The fourth-order valence-corrected chi connectivity index (χ4v) is 2.19. The first kappa shape index (κ1) is 20.1. The highest BCUT2D eigenvalue weighted by atomic mass is 19.1. The molecule has 1 aromatic heterocycles. The van der Waals surface area contributed by atoms with E-state index in [4.69, 9.17) is 9.26 Å². The predicted octanol–water partition coefficient (Wildman–Crippen LogP) is 2.06. The maximum absolute atomic E-state index is 13.7. The standard InChI is InChI=1S/C18H20FN3O5/c1-10(2)16(21-17(24)12-6-4-5-7-13(12)19)18(25)26-9-15(23)20-14-8-11(3)27-22-14/h4-8,10,16H,9H2,1-3H3,(H,21,24)(H,20,22,23)/t16-/m0/s1. The first-order valence-electron chi connectivity index (χ1n) is 8.23. The number of anilines is 1. The molecule has 0 unspecified atom stereocenters. The summed E-state index contributed by atoms with van der Waals surface area (Å²) in [6.07, 6.45) is 0. The van der Waals surface area contributed by atoms with Crippen LogP contribution in [0.4, 0.5) is 10.2 Å². The Bertz CT molecular complexity index is 834. The molecule has 0 saturated carbocycles. The number of nitrogens with one attached hydrogen (secondary N) is 2. The van der Waals surface area contributed by atoms with Gasteiger partial charge in [-0.2, -0.15) is 0 Å². The molecule has 27 heavy (non-hydrogen) atoms. The minimum Gasteiger partial charge on any atom is -0.454 e. The average Bonchev–Trinajstić information content (AvgIpc) is 3.02. The van der Waals surface area contributed by atoms with Gasteiger partial charge in [0.25, 0.3) is 11.8 Å². The van der Waals surface area contributed by atoms with Crippen molar-refractivity contribution in [2.75, 3.05) is 11.9 Å². The lowest BCUT2D eigenvalue weighted by Crippen LogP contribution is -2.46. The van der Waals surface area contributed by atoms with Gasteiger partial charge >= 0.3 is 5.97 Å². The molecule has 0 aliphatic heterocycles. The lowest BCUT2D eigenvalue weighted by Gasteiger charge is -2.20. The second kappa shape index (κ2) is 8.93. The molecular weight excluding hydrogens is 357 g/mol. The van der Waals surface area contributed by atoms with Gasteiger partial charge in [-0.05, 0) is 25.0 Å². The van der Waals surface area contributed by atoms with Crippen LogP contribution in [0.25, 0.3) is 0 Å². The number of amides is 2. The van der Waals surface area contributed by atoms with E-state index in [9.17, 15) is 18.8 Å². The highest BCUT2D eigenvalue weighted by Crippen LogP contribution is 2.10. The van der Waals surface area contributed by atoms with E-state index in [0.29, 0.717) is 5.76 Å². The van der Waals surface area contributed by atoms with Crippen LogP contribution in [0.1, 0.15) is 30.0 Å². The summed E-state index contributed by atoms with van der Waals surface area (Å²) in [5.41, 5.74) is -0.185. The van der Waals surface area contributed by atoms with Gasteiger partial charge in [0.1, 0.15) is 17.6 Å². The summed E-state index contributed by atoms with van der Waals surface area (Å²) < 4.78 is 23.5. The summed E-state index contributed by atoms with van der Waals surface area (Å²) in [6, 6.07) is 5.88. The summed E-state index contributed by atoms with van der Waals surface area (Å²) in [4.78, 5) is 36.3. The molecule has 144 valence electrons. The third-order valence-corrected chi connectivity index (χ3v) is 3.57. The molecule has 1 aromatic carbocycles. The van der Waals surface area contributed by atoms with Crippen LogP contribution in [0.5, 0.6) is 0 Å². The molecule has 9 heteroatoms. The number of halogens is 1. The van der Waals surface area contributed by atoms with Gasteiger partial charge in [-0.3, -0.25) is 9.59 Å². The molecule has 0 bridgehead atoms. The Morgan fingerprint density at radius 2 is 1.96 bits per heavy atom. The van der Waals surface area contributed by atoms with Crippen molar-refractivity contribution in [3.8, 4) is 0 Å². The summed E-state index contributed by atoms with van der Waals surface area (Å²) in [6.45, 7) is 4.47. The van der Waals surface area contributed by atoms with Crippen LogP contribution in [-0.4, -0.2) is 35.6 Å². The number of hydrogen-bond donors (Lipinski definition) is 2. The normalized spacial score (nSPS) is 11.7. The fraction of sp³-hybridized carbons (Fsp3) is 0.333. The first-order chi connectivity index (χ1) is 12.8. The zero-order valence-corrected chi connectivity index (χ0v) is 15.1. The topological polar surface area (TPSA) is 111 Å². The smallest absolute Gasteiger partial charge is 0.329 e. The molecule has 2 amide bonds. The molecule has 0 radical (unpaired) electrons. The maximum Gasteiger partial charge on any atom is 0.329 e. The molecule has 1 atom stereocenters. The molecule has 0 fully saturated rings. The molecule has 1 heterocycles. The Labute approximate surface area is 155 Å². The Morgan fingerprint density at radius 1 is 1.26 bits per heavy atom. The quantitative estimate of drug-likeness (QED) is 0.715. The number of hydrogen-bond acceptors (Lipinski definition) is 6. The van der Waals surface area contributed by atoms with Crippen LogP contribution in [0.3, 0.4) is 0 Å². The SMILES string of the molecule is Cc1cc(NC(=O)COC(=O)[C@@H](NC(=O)c2ccccc2F)C(C)C)no1. The van der Waals surface area contributed by atoms with E-state index < -0.39 is 36.2 Å². The third kappa shape index (κ3) is 5.63. The van der Waals surface area contributed by atoms with Crippen molar-refractivity contribution in [3.63, 3.8) is 0 Å². The van der Waals surface area contributed by atoms with E-state index in [1.807, 2.05) is 0 Å². The lowest BCUT2D eigenvalue weighted by atomic mass is 10.0. The van der Waals surface area contributed by atoms with Crippen LogP contribution in [0, 0.1) is 18.7 Å². The second-order valence-corrected chi connectivity index (χ2v) is 6.15. The zero-order chi connectivity index (χ0) is 20.0. The first-order valence-corrected chi connectivity index (χ1v) is 8.23. The van der Waals surface area contributed by atoms with Crippen LogP contribution in [0.15, 0.2) is 34.9 Å². The predicted molar refractivity (Wildman–Crippen MR) is 93.3 cm³/mol. The van der Waals surface area contributed by atoms with Crippen molar-refractivity contribution in [2.45, 2.75) is 26.8 Å². The molecular formula is C18H20FN3O5. The number of aryl methyl sites for hydroxylation is 1. The molecule has 2 N–H and O–H groups in total. The van der Waals surface area contributed by atoms with E-state index in [1.54, 1.807) is 20.8 Å². The largest absolute Gasteiger partial charge is 0.454 e. The van der Waals surface area contributed by atoms with E-state index in [1.165, 1.54) is 24.3 Å². The van der Waals surface area contributed by atoms with Gasteiger partial charge in [-0.25, -0.2) is 9.18 Å². The van der Waals surface area contributed by atoms with E-state index in [-0.39, 0.29) is 17.3 Å². The Hall–Kier alpha value is -3.23. The van der Waals surface area contributed by atoms with Crippen LogP contribution in [0.2, 0.25) is 0 Å². The monoisotopic (exact) mass is 377 g/mol. The Kier molecular flexibility index (Phi) is 6.64. The van der Waals surface area contributed by atoms with Gasteiger partial charge < -0.3 is 19.9 Å². The van der Waals surface area contributed by atoms with Crippen molar-refractivity contribution in [1.82, 2.24) is 10.5 Å². The lowest BCUT2D eigenvalue weighted by molar-refractivity contribution is -0.150. The summed E-state index contributed by atoms with van der Waals surface area (Å²) in [7, 11) is 0. The zero-order valence-electron chi connectivity index (χ0n) is 15.1. The number of esters is 1. The van der Waals surface area contributed by atoms with Gasteiger partial charge in [-0.1, -0.05) is 31.1 Å². The number of ether oxygens (including phenoxy) is 1. The fourth-order valence-electron chi connectivity index (χ4n) is 2.19. The Balaban J connectivity index is 1.93. The minimum absolute atomic E-state index is 0.185.